The Morgan fingerprint density at radius 3 is 2.52 bits per heavy atom. The maximum Gasteiger partial charge on any atom is 0.228 e. The third-order valence-electron chi connectivity index (χ3n) is 5.40. The van der Waals surface area contributed by atoms with Gasteiger partial charge in [-0.15, -0.1) is 0 Å². The smallest absolute Gasteiger partial charge is 0.228 e. The quantitative estimate of drug-likeness (QED) is 0.925. The van der Waals surface area contributed by atoms with Crippen LogP contribution < -0.4 is 0 Å². The van der Waals surface area contributed by atoms with Gasteiger partial charge in [0, 0.05) is 19.7 Å². The minimum absolute atomic E-state index is 0.0826. The maximum atomic E-state index is 12.7. The molecule has 114 valence electrons. The Morgan fingerprint density at radius 2 is 1.86 bits per heavy atom. The molecule has 21 heavy (non-hydrogen) atoms. The van der Waals surface area contributed by atoms with E-state index in [2.05, 4.69) is 30.3 Å². The van der Waals surface area contributed by atoms with Gasteiger partial charge in [0.05, 0.1) is 5.41 Å². The molecular weight excluding hydrogens is 262 g/mol. The molecule has 1 aliphatic carbocycles. The number of hydrogen-bond acceptors (Lipinski definition) is 2. The van der Waals surface area contributed by atoms with Gasteiger partial charge in [0.1, 0.15) is 0 Å². The summed E-state index contributed by atoms with van der Waals surface area (Å²) in [4.78, 5) is 14.6. The van der Waals surface area contributed by atoms with Crippen molar-refractivity contribution in [3.05, 3.63) is 35.9 Å². The molecule has 1 amide bonds. The Hall–Kier alpha value is -1.35. The van der Waals surface area contributed by atoms with Crippen LogP contribution in [0.25, 0.3) is 0 Å². The normalized spacial score (nSPS) is 29.3. The van der Waals surface area contributed by atoms with Crippen LogP contribution in [0.3, 0.4) is 0 Å². The van der Waals surface area contributed by atoms with Crippen molar-refractivity contribution in [1.82, 2.24) is 4.90 Å². The fourth-order valence-electron chi connectivity index (χ4n) is 4.06. The molecule has 2 fully saturated rings. The van der Waals surface area contributed by atoms with Crippen molar-refractivity contribution in [3.63, 3.8) is 0 Å². The molecule has 1 heterocycles. The van der Waals surface area contributed by atoms with Crippen molar-refractivity contribution < 1.29 is 9.90 Å². The molecule has 1 aliphatic heterocycles. The predicted molar refractivity (Wildman–Crippen MR) is 83.0 cm³/mol. The Bertz CT molecular complexity index is 477. The molecule has 0 bridgehead atoms. The van der Waals surface area contributed by atoms with Crippen molar-refractivity contribution in [2.24, 2.45) is 5.41 Å². The first-order chi connectivity index (χ1) is 10.2. The molecule has 3 nitrogen and oxygen atoms in total. The fourth-order valence-corrected chi connectivity index (χ4v) is 4.06. The Kier molecular flexibility index (Phi) is 4.29. The van der Waals surface area contributed by atoms with E-state index in [1.165, 1.54) is 5.56 Å². The van der Waals surface area contributed by atoms with Crippen LogP contribution in [-0.2, 0) is 4.79 Å². The number of aliphatic hydroxyl groups excluding tert-OH is 1. The molecule has 2 aliphatic rings. The van der Waals surface area contributed by atoms with E-state index in [1.54, 1.807) is 0 Å². The molecule has 1 N–H and O–H groups in total. The summed E-state index contributed by atoms with van der Waals surface area (Å²) in [5, 5.41) is 8.94. The maximum absolute atomic E-state index is 12.7. The highest BCUT2D eigenvalue weighted by Gasteiger charge is 2.47. The average Bonchev–Trinajstić information content (AvgIpc) is 2.84. The molecule has 1 spiro atoms. The predicted octanol–water partition coefficient (Wildman–Crippen LogP) is 2.95. The van der Waals surface area contributed by atoms with Crippen molar-refractivity contribution in [1.29, 1.82) is 0 Å². The number of rotatable bonds is 4. The minimum atomic E-state index is -0.0826. The first-order valence-corrected chi connectivity index (χ1v) is 8.20. The summed E-state index contributed by atoms with van der Waals surface area (Å²) in [5.41, 5.74) is 1.34. The summed E-state index contributed by atoms with van der Waals surface area (Å²) >= 11 is 0. The number of nitrogens with zero attached hydrogens (tertiary/aromatic N) is 1. The molecule has 1 saturated carbocycles. The largest absolute Gasteiger partial charge is 0.396 e. The molecule has 1 aromatic rings. The SMILES string of the molecule is O=C1N(CCCO)CCC12CCC(c1ccccc1)CC2. The van der Waals surface area contributed by atoms with E-state index >= 15 is 0 Å². The summed E-state index contributed by atoms with van der Waals surface area (Å²) in [7, 11) is 0. The van der Waals surface area contributed by atoms with Crippen LogP contribution in [0.1, 0.15) is 50.0 Å². The van der Waals surface area contributed by atoms with Gasteiger partial charge in [0.15, 0.2) is 0 Å². The van der Waals surface area contributed by atoms with Crippen LogP contribution >= 0.6 is 0 Å². The number of benzene rings is 1. The molecule has 0 radical (unpaired) electrons. The second kappa shape index (κ2) is 6.18. The third-order valence-corrected chi connectivity index (χ3v) is 5.40. The molecule has 0 aromatic heterocycles. The molecule has 3 rings (SSSR count). The van der Waals surface area contributed by atoms with Gasteiger partial charge in [-0.1, -0.05) is 30.3 Å². The van der Waals surface area contributed by atoms with E-state index in [4.69, 9.17) is 5.11 Å². The zero-order valence-corrected chi connectivity index (χ0v) is 12.6. The van der Waals surface area contributed by atoms with Crippen LogP contribution in [0, 0.1) is 5.41 Å². The monoisotopic (exact) mass is 287 g/mol. The van der Waals surface area contributed by atoms with Crippen molar-refractivity contribution in [2.75, 3.05) is 19.7 Å². The summed E-state index contributed by atoms with van der Waals surface area (Å²) in [6.07, 6.45) is 6.03. The second-order valence-electron chi connectivity index (χ2n) is 6.58. The van der Waals surface area contributed by atoms with Crippen molar-refractivity contribution in [3.8, 4) is 0 Å². The first kappa shape index (κ1) is 14.6. The highest BCUT2D eigenvalue weighted by molar-refractivity contribution is 5.85. The van der Waals surface area contributed by atoms with Gasteiger partial charge in [-0.05, 0) is 50.0 Å². The zero-order chi connectivity index (χ0) is 14.7. The van der Waals surface area contributed by atoms with E-state index in [0.717, 1.165) is 45.2 Å². The number of hydrogen-bond donors (Lipinski definition) is 1. The van der Waals surface area contributed by atoms with Gasteiger partial charge < -0.3 is 10.0 Å². The van der Waals surface area contributed by atoms with Crippen LogP contribution in [0.4, 0.5) is 0 Å². The van der Waals surface area contributed by atoms with Crippen molar-refractivity contribution in [2.45, 2.75) is 44.4 Å². The lowest BCUT2D eigenvalue weighted by molar-refractivity contribution is -0.137. The summed E-state index contributed by atoms with van der Waals surface area (Å²) in [6.45, 7) is 1.78. The Balaban J connectivity index is 1.61. The van der Waals surface area contributed by atoms with Gasteiger partial charge in [-0.3, -0.25) is 4.79 Å². The number of aliphatic hydroxyl groups is 1. The number of carbonyl (C=O) groups excluding carboxylic acids is 1. The highest BCUT2D eigenvalue weighted by Crippen LogP contribution is 2.48. The minimum Gasteiger partial charge on any atom is -0.396 e. The number of carbonyl (C=O) groups is 1. The van der Waals surface area contributed by atoms with Crippen LogP contribution in [0.2, 0.25) is 0 Å². The highest BCUT2D eigenvalue weighted by atomic mass is 16.3. The number of likely N-dealkylation sites (tertiary alicyclic amines) is 1. The van der Waals surface area contributed by atoms with Crippen LogP contribution in [0.15, 0.2) is 30.3 Å². The molecule has 0 atom stereocenters. The van der Waals surface area contributed by atoms with Gasteiger partial charge in [-0.2, -0.15) is 0 Å². The average molecular weight is 287 g/mol. The topological polar surface area (TPSA) is 40.5 Å². The molecule has 1 saturated heterocycles. The summed E-state index contributed by atoms with van der Waals surface area (Å²) < 4.78 is 0. The van der Waals surface area contributed by atoms with E-state index in [9.17, 15) is 4.79 Å². The van der Waals surface area contributed by atoms with E-state index in [-0.39, 0.29) is 12.0 Å². The Labute approximate surface area is 127 Å². The summed E-state index contributed by atoms with van der Waals surface area (Å²) in [6, 6.07) is 10.7. The van der Waals surface area contributed by atoms with Crippen molar-refractivity contribution >= 4 is 5.91 Å². The standard InChI is InChI=1S/C18H25NO2/c20-14-4-12-19-13-11-18(17(19)21)9-7-16(8-10-18)15-5-2-1-3-6-15/h1-3,5-6,16,20H,4,7-14H2. The third kappa shape index (κ3) is 2.84. The molecule has 0 unspecified atom stereocenters. The van der Waals surface area contributed by atoms with Crippen LogP contribution in [0.5, 0.6) is 0 Å². The lowest BCUT2D eigenvalue weighted by atomic mass is 9.68. The lowest BCUT2D eigenvalue weighted by Crippen LogP contribution is -2.37. The van der Waals surface area contributed by atoms with Gasteiger partial charge in [-0.25, -0.2) is 0 Å². The van der Waals surface area contributed by atoms with Gasteiger partial charge in [0.2, 0.25) is 5.91 Å². The van der Waals surface area contributed by atoms with E-state index in [1.807, 2.05) is 4.90 Å². The molecular formula is C18H25NO2. The summed E-state index contributed by atoms with van der Waals surface area (Å²) in [5.74, 6) is 0.971. The van der Waals surface area contributed by atoms with Gasteiger partial charge in [0.25, 0.3) is 0 Å². The number of amides is 1. The molecule has 1 aromatic carbocycles. The molecule has 3 heteroatoms. The first-order valence-electron chi connectivity index (χ1n) is 8.20. The van der Waals surface area contributed by atoms with Gasteiger partial charge >= 0.3 is 0 Å². The second-order valence-corrected chi connectivity index (χ2v) is 6.58. The fraction of sp³-hybridized carbons (Fsp3) is 0.611. The van der Waals surface area contributed by atoms with E-state index in [0.29, 0.717) is 18.2 Å². The lowest BCUT2D eigenvalue weighted by Gasteiger charge is -2.36. The van der Waals surface area contributed by atoms with E-state index < -0.39 is 0 Å². The zero-order valence-electron chi connectivity index (χ0n) is 12.6. The van der Waals surface area contributed by atoms with Crippen LogP contribution in [-0.4, -0.2) is 35.6 Å². The Morgan fingerprint density at radius 1 is 1.14 bits per heavy atom.